The van der Waals surface area contributed by atoms with Gasteiger partial charge in [-0.1, -0.05) is 11.6 Å². The van der Waals surface area contributed by atoms with Gasteiger partial charge in [-0.05, 0) is 6.07 Å². The van der Waals surface area contributed by atoms with Gasteiger partial charge in [0.1, 0.15) is 5.75 Å². The Morgan fingerprint density at radius 1 is 1.33 bits per heavy atom. The minimum Gasteiger partial charge on any atom is -0.406 e. The lowest BCUT2D eigenvalue weighted by molar-refractivity contribution is -0.274. The van der Waals surface area contributed by atoms with E-state index >= 15 is 0 Å². The normalized spacial score (nSPS) is 11.5. The molecule has 2 nitrogen and oxygen atoms in total. The van der Waals surface area contributed by atoms with Crippen LogP contribution in [0.4, 0.5) is 18.9 Å². The lowest BCUT2D eigenvalue weighted by Gasteiger charge is -2.11. The van der Waals surface area contributed by atoms with Crippen LogP contribution in [0.3, 0.4) is 0 Å². The van der Waals surface area contributed by atoms with Crippen molar-refractivity contribution in [2.45, 2.75) is 12.2 Å². The maximum absolute atomic E-state index is 11.9. The first-order chi connectivity index (χ1) is 6.83. The van der Waals surface area contributed by atoms with Gasteiger partial charge in [-0.25, -0.2) is 0 Å². The summed E-state index contributed by atoms with van der Waals surface area (Å²) in [6.45, 7) is 0. The molecule has 84 valence electrons. The van der Waals surface area contributed by atoms with Crippen molar-refractivity contribution < 1.29 is 17.9 Å². The molecule has 0 amide bonds. The number of benzene rings is 1. The molecule has 1 aromatic rings. The predicted octanol–water partition coefficient (Wildman–Crippen LogP) is 3.56. The van der Waals surface area contributed by atoms with Gasteiger partial charge in [0.05, 0.1) is 10.9 Å². The fourth-order valence-corrected chi connectivity index (χ4v) is 1.62. The van der Waals surface area contributed by atoms with Gasteiger partial charge in [0.2, 0.25) is 0 Å². The molecule has 1 aromatic carbocycles. The SMILES string of the molecule is Nc1cc(OC(F)(F)F)cc(Cl)c1CCl. The first-order valence-corrected chi connectivity index (χ1v) is 4.64. The van der Waals surface area contributed by atoms with Gasteiger partial charge in [0.15, 0.2) is 0 Å². The Labute approximate surface area is 93.7 Å². The highest BCUT2D eigenvalue weighted by Gasteiger charge is 2.31. The number of hydrogen-bond acceptors (Lipinski definition) is 2. The maximum Gasteiger partial charge on any atom is 0.573 e. The first kappa shape index (κ1) is 12.3. The number of ether oxygens (including phenoxy) is 1. The van der Waals surface area contributed by atoms with Crippen LogP contribution in [-0.2, 0) is 5.88 Å². The topological polar surface area (TPSA) is 35.2 Å². The molecule has 0 saturated heterocycles. The van der Waals surface area contributed by atoms with Crippen LogP contribution < -0.4 is 10.5 Å². The van der Waals surface area contributed by atoms with E-state index in [9.17, 15) is 13.2 Å². The Hall–Kier alpha value is -0.810. The lowest BCUT2D eigenvalue weighted by atomic mass is 10.2. The molecule has 7 heteroatoms. The van der Waals surface area contributed by atoms with Crippen molar-refractivity contribution in [3.8, 4) is 5.75 Å². The van der Waals surface area contributed by atoms with Crippen LogP contribution in [0.25, 0.3) is 0 Å². The second-order valence-electron chi connectivity index (χ2n) is 2.65. The minimum absolute atomic E-state index is 0.0248. The summed E-state index contributed by atoms with van der Waals surface area (Å²) < 4.78 is 39.2. The summed E-state index contributed by atoms with van der Waals surface area (Å²) in [6.07, 6.45) is -4.77. The van der Waals surface area contributed by atoms with Crippen LogP contribution in [0.2, 0.25) is 5.02 Å². The molecule has 0 fully saturated rings. The first-order valence-electron chi connectivity index (χ1n) is 3.73. The Morgan fingerprint density at radius 2 is 1.93 bits per heavy atom. The Bertz CT molecular complexity index is 344. The van der Waals surface area contributed by atoms with Crippen molar-refractivity contribution in [1.82, 2.24) is 0 Å². The van der Waals surface area contributed by atoms with Crippen molar-refractivity contribution in [3.05, 3.63) is 22.7 Å². The number of halogens is 5. The number of alkyl halides is 4. The zero-order chi connectivity index (χ0) is 11.6. The van der Waals surface area contributed by atoms with Crippen molar-refractivity contribution >= 4 is 28.9 Å². The van der Waals surface area contributed by atoms with Gasteiger partial charge < -0.3 is 10.5 Å². The largest absolute Gasteiger partial charge is 0.573 e. The highest BCUT2D eigenvalue weighted by Crippen LogP contribution is 2.32. The summed E-state index contributed by atoms with van der Waals surface area (Å²) in [4.78, 5) is 0. The molecule has 0 aliphatic rings. The summed E-state index contributed by atoms with van der Waals surface area (Å²) in [7, 11) is 0. The fourth-order valence-electron chi connectivity index (χ4n) is 0.965. The molecule has 0 unspecified atom stereocenters. The van der Waals surface area contributed by atoms with Crippen LogP contribution in [0.1, 0.15) is 5.56 Å². The zero-order valence-corrected chi connectivity index (χ0v) is 8.75. The summed E-state index contributed by atoms with van der Waals surface area (Å²) in [5, 5.41) is 0.0456. The van der Waals surface area contributed by atoms with Crippen LogP contribution in [0, 0.1) is 0 Å². The smallest absolute Gasteiger partial charge is 0.406 e. The molecule has 0 saturated carbocycles. The molecular weight excluding hydrogens is 254 g/mol. The third-order valence-electron chi connectivity index (χ3n) is 1.57. The highest BCUT2D eigenvalue weighted by atomic mass is 35.5. The maximum atomic E-state index is 11.9. The molecule has 0 spiro atoms. The average Bonchev–Trinajstić information content (AvgIpc) is 1.99. The van der Waals surface area contributed by atoms with Gasteiger partial charge >= 0.3 is 6.36 Å². The molecule has 0 heterocycles. The molecule has 15 heavy (non-hydrogen) atoms. The molecule has 0 aliphatic heterocycles. The monoisotopic (exact) mass is 259 g/mol. The van der Waals surface area contributed by atoms with Crippen molar-refractivity contribution in [2.24, 2.45) is 0 Å². The number of nitrogens with two attached hydrogens (primary N) is 1. The van der Waals surface area contributed by atoms with E-state index in [1.54, 1.807) is 0 Å². The van der Waals surface area contributed by atoms with Crippen LogP contribution in [0.15, 0.2) is 12.1 Å². The summed E-state index contributed by atoms with van der Waals surface area (Å²) in [5.41, 5.74) is 5.88. The highest BCUT2D eigenvalue weighted by molar-refractivity contribution is 6.32. The third kappa shape index (κ3) is 3.35. The summed E-state index contributed by atoms with van der Waals surface area (Å²) in [5.74, 6) is -0.435. The molecule has 0 bridgehead atoms. The summed E-state index contributed by atoms with van der Waals surface area (Å²) >= 11 is 11.1. The van der Waals surface area contributed by atoms with E-state index in [4.69, 9.17) is 28.9 Å². The third-order valence-corrected chi connectivity index (χ3v) is 2.18. The molecule has 0 aromatic heterocycles. The lowest BCUT2D eigenvalue weighted by Crippen LogP contribution is -2.17. The standard InChI is InChI=1S/C8H6Cl2F3NO/c9-3-5-6(10)1-4(2-7(5)14)15-8(11,12)13/h1-2H,3,14H2. The van der Waals surface area contributed by atoms with E-state index in [1.807, 2.05) is 0 Å². The average molecular weight is 260 g/mol. The van der Waals surface area contributed by atoms with Gasteiger partial charge in [-0.3, -0.25) is 0 Å². The Kier molecular flexibility index (Phi) is 3.57. The Morgan fingerprint density at radius 3 is 2.33 bits per heavy atom. The van der Waals surface area contributed by atoms with Crippen LogP contribution >= 0.6 is 23.2 Å². The van der Waals surface area contributed by atoms with E-state index in [1.165, 1.54) is 0 Å². The van der Waals surface area contributed by atoms with Gasteiger partial charge in [-0.2, -0.15) is 0 Å². The second kappa shape index (κ2) is 4.37. The molecule has 0 aliphatic carbocycles. The summed E-state index contributed by atoms with van der Waals surface area (Å²) in [6, 6.07) is 2.04. The quantitative estimate of drug-likeness (QED) is 0.651. The van der Waals surface area contributed by atoms with E-state index in [0.29, 0.717) is 5.56 Å². The van der Waals surface area contributed by atoms with Crippen LogP contribution in [0.5, 0.6) is 5.75 Å². The van der Waals surface area contributed by atoms with E-state index in [-0.39, 0.29) is 16.6 Å². The molecule has 2 N–H and O–H groups in total. The van der Waals surface area contributed by atoms with E-state index in [2.05, 4.69) is 4.74 Å². The van der Waals surface area contributed by atoms with Crippen molar-refractivity contribution in [2.75, 3.05) is 5.73 Å². The minimum atomic E-state index is -4.77. The second-order valence-corrected chi connectivity index (χ2v) is 3.33. The zero-order valence-electron chi connectivity index (χ0n) is 7.24. The fraction of sp³-hybridized carbons (Fsp3) is 0.250. The van der Waals surface area contributed by atoms with Gasteiger partial charge in [0, 0.05) is 17.3 Å². The molecule has 0 atom stereocenters. The Balaban J connectivity index is 3.04. The van der Waals surface area contributed by atoms with E-state index in [0.717, 1.165) is 12.1 Å². The van der Waals surface area contributed by atoms with Crippen LogP contribution in [-0.4, -0.2) is 6.36 Å². The predicted molar refractivity (Wildman–Crippen MR) is 52.1 cm³/mol. The van der Waals surface area contributed by atoms with Crippen molar-refractivity contribution in [3.63, 3.8) is 0 Å². The number of rotatable bonds is 2. The number of nitrogen functional groups attached to an aromatic ring is 1. The number of anilines is 1. The molecule has 1 rings (SSSR count). The van der Waals surface area contributed by atoms with E-state index < -0.39 is 12.1 Å². The van der Waals surface area contributed by atoms with Gasteiger partial charge in [-0.15, -0.1) is 24.8 Å². The molecule has 0 radical (unpaired) electrons. The van der Waals surface area contributed by atoms with Gasteiger partial charge in [0.25, 0.3) is 0 Å². The molecular formula is C8H6Cl2F3NO. The van der Waals surface area contributed by atoms with Crippen molar-refractivity contribution in [1.29, 1.82) is 0 Å². The number of hydrogen-bond donors (Lipinski definition) is 1.